The van der Waals surface area contributed by atoms with Crippen molar-refractivity contribution in [1.82, 2.24) is 5.32 Å². The van der Waals surface area contributed by atoms with Crippen molar-refractivity contribution >= 4 is 11.9 Å². The number of nitrogens with zero attached hydrogens (tertiary/aromatic N) is 1. The van der Waals surface area contributed by atoms with Gasteiger partial charge in [0.05, 0.1) is 17.7 Å². The molecule has 0 aliphatic carbocycles. The van der Waals surface area contributed by atoms with Crippen LogP contribution >= 0.6 is 0 Å². The van der Waals surface area contributed by atoms with Gasteiger partial charge in [-0.25, -0.2) is 4.79 Å². The summed E-state index contributed by atoms with van der Waals surface area (Å²) in [5.74, 6) is -0.590. The number of carbonyl (C=O) groups excluding carboxylic acids is 2. The largest absolute Gasteiger partial charge is 0.479 e. The predicted molar refractivity (Wildman–Crippen MR) is 99.8 cm³/mol. The highest BCUT2D eigenvalue weighted by molar-refractivity contribution is 5.84. The number of esters is 1. The van der Waals surface area contributed by atoms with E-state index in [2.05, 4.69) is 5.32 Å². The van der Waals surface area contributed by atoms with Crippen LogP contribution in [-0.2, 0) is 14.3 Å². The van der Waals surface area contributed by atoms with E-state index in [-0.39, 0.29) is 11.9 Å². The second-order valence-electron chi connectivity index (χ2n) is 6.12. The lowest BCUT2D eigenvalue weighted by atomic mass is 10.1. The van der Waals surface area contributed by atoms with Crippen LogP contribution in [-0.4, -0.2) is 24.1 Å². The normalized spacial score (nSPS) is 13.6. The maximum atomic E-state index is 12.3. The van der Waals surface area contributed by atoms with Gasteiger partial charge in [-0.1, -0.05) is 30.3 Å². The molecule has 0 saturated heterocycles. The number of nitrogens with one attached hydrogen (secondary N) is 1. The van der Waals surface area contributed by atoms with Crippen molar-refractivity contribution in [3.63, 3.8) is 0 Å². The third-order valence-corrected chi connectivity index (χ3v) is 3.95. The number of ether oxygens (including phenoxy) is 2. The summed E-state index contributed by atoms with van der Waals surface area (Å²) in [6.07, 6.45) is -1.84. The average Bonchev–Trinajstić information content (AvgIpc) is 2.68. The summed E-state index contributed by atoms with van der Waals surface area (Å²) >= 11 is 0. The van der Waals surface area contributed by atoms with Crippen LogP contribution in [0.4, 0.5) is 0 Å². The molecule has 3 unspecified atom stereocenters. The molecule has 0 saturated carbocycles. The maximum Gasteiger partial charge on any atom is 0.347 e. The van der Waals surface area contributed by atoms with Gasteiger partial charge < -0.3 is 14.8 Å². The monoisotopic (exact) mass is 366 g/mol. The van der Waals surface area contributed by atoms with Crippen LogP contribution in [0.1, 0.15) is 37.9 Å². The Morgan fingerprint density at radius 2 is 1.59 bits per heavy atom. The molecular formula is C21H22N2O4. The van der Waals surface area contributed by atoms with E-state index in [1.807, 2.05) is 43.3 Å². The summed E-state index contributed by atoms with van der Waals surface area (Å²) in [5.41, 5.74) is 1.46. The van der Waals surface area contributed by atoms with Gasteiger partial charge in [-0.2, -0.15) is 5.26 Å². The molecule has 0 radical (unpaired) electrons. The molecule has 27 heavy (non-hydrogen) atoms. The molecule has 6 nitrogen and oxygen atoms in total. The smallest absolute Gasteiger partial charge is 0.347 e. The van der Waals surface area contributed by atoms with E-state index < -0.39 is 18.2 Å². The summed E-state index contributed by atoms with van der Waals surface area (Å²) in [6, 6.07) is 17.7. The second kappa shape index (κ2) is 9.39. The topological polar surface area (TPSA) is 88.4 Å². The molecular weight excluding hydrogens is 344 g/mol. The van der Waals surface area contributed by atoms with Gasteiger partial charge in [0.1, 0.15) is 5.75 Å². The van der Waals surface area contributed by atoms with Crippen molar-refractivity contribution in [2.45, 2.75) is 39.0 Å². The molecule has 0 spiro atoms. The lowest BCUT2D eigenvalue weighted by Gasteiger charge is -2.20. The molecule has 2 aromatic rings. The molecule has 2 aromatic carbocycles. The first-order chi connectivity index (χ1) is 12.9. The van der Waals surface area contributed by atoms with Crippen molar-refractivity contribution < 1.29 is 19.1 Å². The van der Waals surface area contributed by atoms with Gasteiger partial charge in [-0.05, 0) is 50.6 Å². The summed E-state index contributed by atoms with van der Waals surface area (Å²) < 4.78 is 10.7. The number of carbonyl (C=O) groups is 2. The molecule has 0 aromatic heterocycles. The van der Waals surface area contributed by atoms with Gasteiger partial charge in [-0.3, -0.25) is 4.79 Å². The average molecular weight is 366 g/mol. The molecule has 6 heteroatoms. The van der Waals surface area contributed by atoms with E-state index in [4.69, 9.17) is 14.7 Å². The van der Waals surface area contributed by atoms with Crippen molar-refractivity contribution in [2.24, 2.45) is 0 Å². The number of hydrogen-bond acceptors (Lipinski definition) is 5. The Hall–Kier alpha value is -3.33. The minimum absolute atomic E-state index is 0.202. The van der Waals surface area contributed by atoms with E-state index in [9.17, 15) is 9.59 Å². The molecule has 2 rings (SSSR count). The van der Waals surface area contributed by atoms with E-state index in [0.717, 1.165) is 5.56 Å². The van der Waals surface area contributed by atoms with Crippen LogP contribution in [0.2, 0.25) is 0 Å². The maximum absolute atomic E-state index is 12.3. The van der Waals surface area contributed by atoms with Gasteiger partial charge in [0.25, 0.3) is 5.91 Å². The number of amides is 1. The lowest BCUT2D eigenvalue weighted by molar-refractivity contribution is -0.161. The zero-order chi connectivity index (χ0) is 19.8. The third-order valence-electron chi connectivity index (χ3n) is 3.95. The van der Waals surface area contributed by atoms with Crippen LogP contribution in [0.5, 0.6) is 5.75 Å². The Labute approximate surface area is 158 Å². The van der Waals surface area contributed by atoms with Gasteiger partial charge in [0.15, 0.2) is 12.2 Å². The molecule has 1 amide bonds. The molecule has 0 bridgehead atoms. The number of hydrogen-bond donors (Lipinski definition) is 1. The Bertz CT molecular complexity index is 812. The van der Waals surface area contributed by atoms with Crippen molar-refractivity contribution in [2.75, 3.05) is 0 Å². The van der Waals surface area contributed by atoms with Gasteiger partial charge >= 0.3 is 5.97 Å². The minimum atomic E-state index is -0.948. The Morgan fingerprint density at radius 3 is 2.19 bits per heavy atom. The van der Waals surface area contributed by atoms with Crippen molar-refractivity contribution in [3.8, 4) is 11.8 Å². The first-order valence-electron chi connectivity index (χ1n) is 8.63. The van der Waals surface area contributed by atoms with Crippen LogP contribution in [0, 0.1) is 11.3 Å². The molecule has 0 aliphatic rings. The highest BCUT2D eigenvalue weighted by atomic mass is 16.6. The third kappa shape index (κ3) is 5.86. The number of nitriles is 1. The minimum Gasteiger partial charge on any atom is -0.479 e. The molecule has 0 heterocycles. The summed E-state index contributed by atoms with van der Waals surface area (Å²) in [7, 11) is 0. The van der Waals surface area contributed by atoms with Gasteiger partial charge in [-0.15, -0.1) is 0 Å². The first kappa shape index (κ1) is 20.0. The lowest BCUT2D eigenvalue weighted by Crippen LogP contribution is -2.39. The number of benzene rings is 2. The quantitative estimate of drug-likeness (QED) is 0.761. The Kier molecular flexibility index (Phi) is 6.95. The van der Waals surface area contributed by atoms with Gasteiger partial charge in [0.2, 0.25) is 0 Å². The highest BCUT2D eigenvalue weighted by Crippen LogP contribution is 2.15. The molecule has 0 aliphatic heterocycles. The fourth-order valence-corrected chi connectivity index (χ4v) is 2.34. The Balaban J connectivity index is 1.85. The number of rotatable bonds is 7. The van der Waals surface area contributed by atoms with Crippen LogP contribution in [0.15, 0.2) is 54.6 Å². The molecule has 140 valence electrons. The first-order valence-corrected chi connectivity index (χ1v) is 8.63. The summed E-state index contributed by atoms with van der Waals surface area (Å²) in [4.78, 5) is 24.4. The second-order valence-corrected chi connectivity index (χ2v) is 6.12. The highest BCUT2D eigenvalue weighted by Gasteiger charge is 2.24. The van der Waals surface area contributed by atoms with Gasteiger partial charge in [0, 0.05) is 0 Å². The summed E-state index contributed by atoms with van der Waals surface area (Å²) in [6.45, 7) is 4.91. The van der Waals surface area contributed by atoms with E-state index in [1.54, 1.807) is 24.3 Å². The fourth-order valence-electron chi connectivity index (χ4n) is 2.34. The van der Waals surface area contributed by atoms with Crippen LogP contribution in [0.25, 0.3) is 0 Å². The van der Waals surface area contributed by atoms with Crippen LogP contribution in [0.3, 0.4) is 0 Å². The van der Waals surface area contributed by atoms with Crippen molar-refractivity contribution in [3.05, 3.63) is 65.7 Å². The Morgan fingerprint density at radius 1 is 0.963 bits per heavy atom. The standard InChI is InChI=1S/C21H22N2O4/c1-14(18-7-5-4-6-8-18)23-20(24)15(2)27-21(25)16(3)26-19-11-9-17(13-22)10-12-19/h4-12,14-16H,1-3H3,(H,23,24). The van der Waals surface area contributed by atoms with E-state index in [1.165, 1.54) is 13.8 Å². The SMILES string of the molecule is CC(OC(=O)C(C)Oc1ccc(C#N)cc1)C(=O)NC(C)c1ccccc1. The summed E-state index contributed by atoms with van der Waals surface area (Å²) in [5, 5.41) is 11.6. The zero-order valence-corrected chi connectivity index (χ0v) is 15.5. The van der Waals surface area contributed by atoms with E-state index in [0.29, 0.717) is 11.3 Å². The van der Waals surface area contributed by atoms with E-state index >= 15 is 0 Å². The van der Waals surface area contributed by atoms with Crippen LogP contribution < -0.4 is 10.1 Å². The molecule has 3 atom stereocenters. The zero-order valence-electron chi connectivity index (χ0n) is 15.5. The van der Waals surface area contributed by atoms with Crippen molar-refractivity contribution in [1.29, 1.82) is 5.26 Å². The molecule has 1 N–H and O–H groups in total. The fraction of sp³-hybridized carbons (Fsp3) is 0.286. The predicted octanol–water partition coefficient (Wildman–Crippen LogP) is 3.13. The molecule has 0 fully saturated rings.